The largest absolute Gasteiger partial charge is 0.383 e. The van der Waals surface area contributed by atoms with Crippen LogP contribution in [0.25, 0.3) is 21.9 Å². The molecule has 0 aliphatic heterocycles. The summed E-state index contributed by atoms with van der Waals surface area (Å²) in [5.74, 6) is -0.345. The number of aryl methyl sites for hydroxylation is 1. The van der Waals surface area contributed by atoms with Crippen molar-refractivity contribution in [3.63, 3.8) is 0 Å². The Morgan fingerprint density at radius 2 is 2.00 bits per heavy atom. The number of para-hydroxylation sites is 2. The quantitative estimate of drug-likeness (QED) is 0.553. The summed E-state index contributed by atoms with van der Waals surface area (Å²) in [6, 6.07) is 14.5. The lowest BCUT2D eigenvalue weighted by Gasteiger charge is -2.12. The monoisotopic (exact) mass is 345 g/mol. The standard InChI is InChI=1S/C20H16FN5/c21-15-6-7-17-16(10-15)20(14(11-22)12-24-17)23-8-3-9-26-13-25-18-4-1-2-5-19(18)26/h1-2,4-7,10,12-13H,3,8-9H2,(H,23,24). The Morgan fingerprint density at radius 3 is 2.88 bits per heavy atom. The van der Waals surface area contributed by atoms with Gasteiger partial charge in [-0.3, -0.25) is 4.98 Å². The van der Waals surface area contributed by atoms with Gasteiger partial charge < -0.3 is 9.88 Å². The van der Waals surface area contributed by atoms with Gasteiger partial charge in [-0.25, -0.2) is 9.37 Å². The van der Waals surface area contributed by atoms with Crippen molar-refractivity contribution >= 4 is 27.6 Å². The number of aromatic nitrogens is 3. The highest BCUT2D eigenvalue weighted by atomic mass is 19.1. The second-order valence-corrected chi connectivity index (χ2v) is 6.03. The van der Waals surface area contributed by atoms with Gasteiger partial charge in [-0.1, -0.05) is 12.1 Å². The molecule has 0 fully saturated rings. The molecule has 0 amide bonds. The van der Waals surface area contributed by atoms with E-state index in [0.29, 0.717) is 28.7 Å². The van der Waals surface area contributed by atoms with Crippen molar-refractivity contribution in [1.82, 2.24) is 14.5 Å². The molecule has 0 saturated carbocycles. The van der Waals surface area contributed by atoms with Crippen LogP contribution in [-0.4, -0.2) is 21.1 Å². The van der Waals surface area contributed by atoms with E-state index in [0.717, 1.165) is 24.0 Å². The van der Waals surface area contributed by atoms with Gasteiger partial charge >= 0.3 is 0 Å². The minimum atomic E-state index is -0.345. The molecule has 1 N–H and O–H groups in total. The molecule has 0 saturated heterocycles. The average molecular weight is 345 g/mol. The summed E-state index contributed by atoms with van der Waals surface area (Å²) in [6.45, 7) is 1.45. The van der Waals surface area contributed by atoms with Crippen LogP contribution < -0.4 is 5.32 Å². The van der Waals surface area contributed by atoms with Crippen LogP contribution in [0.1, 0.15) is 12.0 Å². The molecule has 0 atom stereocenters. The SMILES string of the molecule is N#Cc1cnc2ccc(F)cc2c1NCCCn1cnc2ccccc21. The summed E-state index contributed by atoms with van der Waals surface area (Å²) in [4.78, 5) is 8.60. The van der Waals surface area contributed by atoms with Crippen molar-refractivity contribution in [2.45, 2.75) is 13.0 Å². The van der Waals surface area contributed by atoms with Gasteiger partial charge in [0.1, 0.15) is 11.9 Å². The van der Waals surface area contributed by atoms with E-state index in [1.807, 2.05) is 30.6 Å². The number of anilines is 1. The molecule has 0 spiro atoms. The minimum absolute atomic E-state index is 0.345. The molecule has 5 nitrogen and oxygen atoms in total. The van der Waals surface area contributed by atoms with E-state index in [4.69, 9.17) is 0 Å². The van der Waals surface area contributed by atoms with Gasteiger partial charge in [0.15, 0.2) is 0 Å². The Kier molecular flexibility index (Phi) is 4.20. The van der Waals surface area contributed by atoms with Crippen LogP contribution in [0.3, 0.4) is 0 Å². The van der Waals surface area contributed by atoms with Crippen molar-refractivity contribution in [2.24, 2.45) is 0 Å². The van der Waals surface area contributed by atoms with Crippen LogP contribution in [0.2, 0.25) is 0 Å². The average Bonchev–Trinajstić information content (AvgIpc) is 3.08. The zero-order chi connectivity index (χ0) is 17.9. The summed E-state index contributed by atoms with van der Waals surface area (Å²) in [5, 5.41) is 13.2. The third-order valence-corrected chi connectivity index (χ3v) is 4.36. The number of fused-ring (bicyclic) bond motifs is 2. The number of hydrogen-bond donors (Lipinski definition) is 1. The molecule has 2 heterocycles. The zero-order valence-corrected chi connectivity index (χ0v) is 14.0. The third kappa shape index (κ3) is 2.95. The number of imidazole rings is 1. The fraction of sp³-hybridized carbons (Fsp3) is 0.150. The molecule has 6 heteroatoms. The summed E-state index contributed by atoms with van der Waals surface area (Å²) >= 11 is 0. The Bertz CT molecular complexity index is 1130. The first-order valence-corrected chi connectivity index (χ1v) is 8.38. The molecule has 0 unspecified atom stereocenters. The smallest absolute Gasteiger partial charge is 0.124 e. The molecular weight excluding hydrogens is 329 g/mol. The van der Waals surface area contributed by atoms with Gasteiger partial charge in [0, 0.05) is 24.7 Å². The normalized spacial score (nSPS) is 10.9. The molecule has 0 aliphatic rings. The lowest BCUT2D eigenvalue weighted by atomic mass is 10.1. The molecule has 0 radical (unpaired) electrons. The van der Waals surface area contributed by atoms with Crippen molar-refractivity contribution in [2.75, 3.05) is 11.9 Å². The Hall–Kier alpha value is -3.46. The first kappa shape index (κ1) is 16.0. The Labute approximate surface area is 149 Å². The lowest BCUT2D eigenvalue weighted by Crippen LogP contribution is -2.08. The van der Waals surface area contributed by atoms with Crippen LogP contribution in [0.5, 0.6) is 0 Å². The third-order valence-electron chi connectivity index (χ3n) is 4.36. The maximum absolute atomic E-state index is 13.6. The van der Waals surface area contributed by atoms with Crippen LogP contribution >= 0.6 is 0 Å². The van der Waals surface area contributed by atoms with Gasteiger partial charge in [0.25, 0.3) is 0 Å². The van der Waals surface area contributed by atoms with Crippen LogP contribution in [0.15, 0.2) is 55.0 Å². The summed E-state index contributed by atoms with van der Waals surface area (Å²) < 4.78 is 15.7. The molecular formula is C20H16FN5. The first-order valence-electron chi connectivity index (χ1n) is 8.38. The van der Waals surface area contributed by atoms with Crippen molar-refractivity contribution in [1.29, 1.82) is 5.26 Å². The van der Waals surface area contributed by atoms with Crippen LogP contribution in [0, 0.1) is 17.1 Å². The van der Waals surface area contributed by atoms with Gasteiger partial charge in [-0.2, -0.15) is 5.26 Å². The molecule has 26 heavy (non-hydrogen) atoms. The maximum atomic E-state index is 13.6. The Balaban J connectivity index is 1.51. The summed E-state index contributed by atoms with van der Waals surface area (Å²) in [5.41, 5.74) is 3.78. The molecule has 0 bridgehead atoms. The van der Waals surface area contributed by atoms with E-state index >= 15 is 0 Å². The van der Waals surface area contributed by atoms with Crippen molar-refractivity contribution in [3.8, 4) is 6.07 Å². The van der Waals surface area contributed by atoms with E-state index in [1.54, 1.807) is 6.07 Å². The molecule has 128 valence electrons. The number of pyridine rings is 1. The molecule has 4 aromatic rings. The van der Waals surface area contributed by atoms with E-state index in [2.05, 4.69) is 25.9 Å². The molecule has 2 aromatic carbocycles. The number of nitrogens with zero attached hydrogens (tertiary/aromatic N) is 4. The second-order valence-electron chi connectivity index (χ2n) is 6.03. The number of nitriles is 1. The van der Waals surface area contributed by atoms with E-state index in [9.17, 15) is 9.65 Å². The summed E-state index contributed by atoms with van der Waals surface area (Å²) in [7, 11) is 0. The fourth-order valence-corrected chi connectivity index (χ4v) is 3.09. The van der Waals surface area contributed by atoms with Gasteiger partial charge in [-0.15, -0.1) is 0 Å². The summed E-state index contributed by atoms with van der Waals surface area (Å²) in [6.07, 6.45) is 4.19. The topological polar surface area (TPSA) is 66.5 Å². The molecule has 4 rings (SSSR count). The predicted octanol–water partition coefficient (Wildman–Crippen LogP) is 4.10. The number of hydrogen-bond acceptors (Lipinski definition) is 4. The van der Waals surface area contributed by atoms with Gasteiger partial charge in [-0.05, 0) is 36.8 Å². The molecule has 2 aromatic heterocycles. The Morgan fingerprint density at radius 1 is 1.12 bits per heavy atom. The maximum Gasteiger partial charge on any atom is 0.124 e. The fourth-order valence-electron chi connectivity index (χ4n) is 3.09. The lowest BCUT2D eigenvalue weighted by molar-refractivity contribution is 0.629. The highest BCUT2D eigenvalue weighted by Gasteiger charge is 2.09. The number of benzene rings is 2. The van der Waals surface area contributed by atoms with Crippen LogP contribution in [0.4, 0.5) is 10.1 Å². The zero-order valence-electron chi connectivity index (χ0n) is 14.0. The van der Waals surface area contributed by atoms with Crippen LogP contribution in [-0.2, 0) is 6.54 Å². The molecule has 0 aliphatic carbocycles. The van der Waals surface area contributed by atoms with E-state index < -0.39 is 0 Å². The highest BCUT2D eigenvalue weighted by molar-refractivity contribution is 5.93. The predicted molar refractivity (Wildman–Crippen MR) is 99.3 cm³/mol. The number of nitrogens with one attached hydrogen (secondary N) is 1. The minimum Gasteiger partial charge on any atom is -0.383 e. The van der Waals surface area contributed by atoms with Crippen molar-refractivity contribution in [3.05, 3.63) is 66.4 Å². The van der Waals surface area contributed by atoms with Gasteiger partial charge in [0.2, 0.25) is 0 Å². The first-order chi connectivity index (χ1) is 12.8. The van der Waals surface area contributed by atoms with E-state index in [-0.39, 0.29) is 5.82 Å². The van der Waals surface area contributed by atoms with Gasteiger partial charge in [0.05, 0.1) is 34.1 Å². The van der Waals surface area contributed by atoms with E-state index in [1.165, 1.54) is 18.3 Å². The number of halogens is 1. The second kappa shape index (κ2) is 6.81. The number of rotatable bonds is 5. The highest BCUT2D eigenvalue weighted by Crippen LogP contribution is 2.26. The van der Waals surface area contributed by atoms with Crippen molar-refractivity contribution < 1.29 is 4.39 Å².